The zero-order chi connectivity index (χ0) is 12.7. The average Bonchev–Trinajstić information content (AvgIpc) is 3.06. The molecule has 1 rings (SSSR count). The summed E-state index contributed by atoms with van der Waals surface area (Å²) in [4.78, 5) is 0. The summed E-state index contributed by atoms with van der Waals surface area (Å²) in [5.41, 5.74) is -0.0841. The fourth-order valence-corrected chi connectivity index (χ4v) is 1.96. The van der Waals surface area contributed by atoms with Gasteiger partial charge in [-0.25, -0.2) is 0 Å². The van der Waals surface area contributed by atoms with E-state index in [1.807, 2.05) is 0 Å². The van der Waals surface area contributed by atoms with Gasteiger partial charge >= 0.3 is 0 Å². The Morgan fingerprint density at radius 3 is 2.59 bits per heavy atom. The summed E-state index contributed by atoms with van der Waals surface area (Å²) in [5.74, 6) is 0.620. The summed E-state index contributed by atoms with van der Waals surface area (Å²) >= 11 is 0. The van der Waals surface area contributed by atoms with E-state index in [2.05, 4.69) is 26.1 Å². The van der Waals surface area contributed by atoms with Crippen molar-refractivity contribution in [1.29, 1.82) is 0 Å². The normalized spacial score (nSPS) is 19.6. The van der Waals surface area contributed by atoms with Gasteiger partial charge < -0.3 is 15.2 Å². The van der Waals surface area contributed by atoms with E-state index in [0.29, 0.717) is 12.0 Å². The van der Waals surface area contributed by atoms with Gasteiger partial charge in [-0.15, -0.1) is 0 Å². The van der Waals surface area contributed by atoms with Crippen LogP contribution in [-0.2, 0) is 4.74 Å². The Kier molecular flexibility index (Phi) is 6.45. The molecule has 0 aromatic carbocycles. The third-order valence-electron chi connectivity index (χ3n) is 3.20. The Bertz CT molecular complexity index is 204. The molecule has 0 radical (unpaired) electrons. The Balaban J connectivity index is 2.02. The number of hydrogen-bond donors (Lipinski definition) is 2. The van der Waals surface area contributed by atoms with Gasteiger partial charge in [0.2, 0.25) is 0 Å². The van der Waals surface area contributed by atoms with Crippen LogP contribution in [0.25, 0.3) is 0 Å². The van der Waals surface area contributed by atoms with Crippen molar-refractivity contribution in [1.82, 2.24) is 5.32 Å². The first-order valence-corrected chi connectivity index (χ1v) is 7.02. The molecular weight excluding hydrogens is 214 g/mol. The van der Waals surface area contributed by atoms with Crippen LogP contribution in [0.15, 0.2) is 0 Å². The molecule has 0 spiro atoms. The van der Waals surface area contributed by atoms with Gasteiger partial charge in [-0.05, 0) is 44.9 Å². The van der Waals surface area contributed by atoms with E-state index in [4.69, 9.17) is 4.74 Å². The Labute approximate surface area is 106 Å². The first-order chi connectivity index (χ1) is 8.06. The molecule has 102 valence electrons. The molecule has 0 bridgehead atoms. The highest BCUT2D eigenvalue weighted by Crippen LogP contribution is 2.24. The number of ether oxygens (including phenoxy) is 1. The molecule has 0 heterocycles. The van der Waals surface area contributed by atoms with Crippen molar-refractivity contribution in [2.75, 3.05) is 19.8 Å². The van der Waals surface area contributed by atoms with E-state index < -0.39 is 0 Å². The van der Waals surface area contributed by atoms with Crippen molar-refractivity contribution < 1.29 is 9.84 Å². The maximum atomic E-state index is 9.44. The lowest BCUT2D eigenvalue weighted by Gasteiger charge is -2.29. The second kappa shape index (κ2) is 7.34. The summed E-state index contributed by atoms with van der Waals surface area (Å²) in [6.07, 6.45) is 5.79. The van der Waals surface area contributed by atoms with Crippen LogP contribution >= 0.6 is 0 Å². The zero-order valence-corrected chi connectivity index (χ0v) is 11.7. The standard InChI is InChI=1S/C14H29NO2/c1-12(2)10-17-9-5-4-8-14(3,11-16)15-13-6-7-13/h12-13,15-16H,4-11H2,1-3H3. The molecule has 1 aliphatic carbocycles. The lowest BCUT2D eigenvalue weighted by molar-refractivity contribution is 0.101. The van der Waals surface area contributed by atoms with Crippen LogP contribution in [0.5, 0.6) is 0 Å². The second-order valence-electron chi connectivity index (χ2n) is 6.06. The minimum atomic E-state index is -0.0841. The Morgan fingerprint density at radius 1 is 1.35 bits per heavy atom. The van der Waals surface area contributed by atoms with Gasteiger partial charge in [-0.1, -0.05) is 13.8 Å². The number of aliphatic hydroxyl groups excluding tert-OH is 1. The molecule has 17 heavy (non-hydrogen) atoms. The molecule has 0 aromatic rings. The molecule has 1 atom stereocenters. The summed E-state index contributed by atoms with van der Waals surface area (Å²) in [5, 5.41) is 13.0. The van der Waals surface area contributed by atoms with E-state index >= 15 is 0 Å². The SMILES string of the molecule is CC(C)COCCCCC(C)(CO)NC1CC1. The topological polar surface area (TPSA) is 41.5 Å². The molecule has 0 amide bonds. The highest BCUT2D eigenvalue weighted by molar-refractivity contribution is 4.92. The number of aliphatic hydroxyl groups is 1. The number of hydrogen-bond acceptors (Lipinski definition) is 3. The van der Waals surface area contributed by atoms with Gasteiger partial charge in [0.15, 0.2) is 0 Å². The Morgan fingerprint density at radius 2 is 2.06 bits per heavy atom. The van der Waals surface area contributed by atoms with Crippen LogP contribution in [-0.4, -0.2) is 36.5 Å². The minimum Gasteiger partial charge on any atom is -0.394 e. The minimum absolute atomic E-state index is 0.0841. The smallest absolute Gasteiger partial charge is 0.0610 e. The fourth-order valence-electron chi connectivity index (χ4n) is 1.96. The van der Waals surface area contributed by atoms with Crippen LogP contribution in [0, 0.1) is 5.92 Å². The Hall–Kier alpha value is -0.120. The van der Waals surface area contributed by atoms with Crippen LogP contribution < -0.4 is 5.32 Å². The van der Waals surface area contributed by atoms with Crippen molar-refractivity contribution in [2.45, 2.75) is 64.5 Å². The quantitative estimate of drug-likeness (QED) is 0.579. The molecule has 3 heteroatoms. The molecular formula is C14H29NO2. The van der Waals surface area contributed by atoms with Crippen molar-refractivity contribution in [2.24, 2.45) is 5.92 Å². The van der Waals surface area contributed by atoms with Gasteiger partial charge in [0.1, 0.15) is 0 Å². The zero-order valence-electron chi connectivity index (χ0n) is 11.7. The van der Waals surface area contributed by atoms with E-state index in [-0.39, 0.29) is 12.1 Å². The van der Waals surface area contributed by atoms with Crippen molar-refractivity contribution in [3.05, 3.63) is 0 Å². The second-order valence-corrected chi connectivity index (χ2v) is 6.06. The van der Waals surface area contributed by atoms with Crippen molar-refractivity contribution >= 4 is 0 Å². The maximum absolute atomic E-state index is 9.44. The van der Waals surface area contributed by atoms with Gasteiger partial charge in [-0.3, -0.25) is 0 Å². The molecule has 0 aromatic heterocycles. The van der Waals surface area contributed by atoms with E-state index in [0.717, 1.165) is 32.5 Å². The fraction of sp³-hybridized carbons (Fsp3) is 1.00. The number of rotatable bonds is 10. The van der Waals surface area contributed by atoms with Gasteiger partial charge in [0.25, 0.3) is 0 Å². The van der Waals surface area contributed by atoms with Crippen LogP contribution in [0.3, 0.4) is 0 Å². The van der Waals surface area contributed by atoms with Crippen LogP contribution in [0.2, 0.25) is 0 Å². The average molecular weight is 243 g/mol. The maximum Gasteiger partial charge on any atom is 0.0610 e. The van der Waals surface area contributed by atoms with Crippen LogP contribution in [0.1, 0.15) is 52.9 Å². The van der Waals surface area contributed by atoms with Crippen LogP contribution in [0.4, 0.5) is 0 Å². The van der Waals surface area contributed by atoms with Gasteiger partial charge in [0.05, 0.1) is 6.61 Å². The third-order valence-corrected chi connectivity index (χ3v) is 3.20. The first kappa shape index (κ1) is 14.9. The highest BCUT2D eigenvalue weighted by atomic mass is 16.5. The molecule has 3 nitrogen and oxygen atoms in total. The monoisotopic (exact) mass is 243 g/mol. The lowest BCUT2D eigenvalue weighted by atomic mass is 9.95. The third kappa shape index (κ3) is 7.02. The molecule has 0 saturated heterocycles. The predicted molar refractivity (Wildman–Crippen MR) is 71.2 cm³/mol. The molecule has 1 aliphatic rings. The number of unbranched alkanes of at least 4 members (excludes halogenated alkanes) is 1. The number of nitrogens with one attached hydrogen (secondary N) is 1. The summed E-state index contributed by atoms with van der Waals surface area (Å²) in [6.45, 7) is 8.40. The molecule has 1 fully saturated rings. The molecule has 2 N–H and O–H groups in total. The largest absolute Gasteiger partial charge is 0.394 e. The van der Waals surface area contributed by atoms with Crippen molar-refractivity contribution in [3.63, 3.8) is 0 Å². The summed E-state index contributed by atoms with van der Waals surface area (Å²) < 4.78 is 5.55. The van der Waals surface area contributed by atoms with E-state index in [1.165, 1.54) is 12.8 Å². The first-order valence-electron chi connectivity index (χ1n) is 7.02. The van der Waals surface area contributed by atoms with Crippen molar-refractivity contribution in [3.8, 4) is 0 Å². The van der Waals surface area contributed by atoms with E-state index in [1.54, 1.807) is 0 Å². The molecule has 0 aliphatic heterocycles. The lowest BCUT2D eigenvalue weighted by Crippen LogP contribution is -2.46. The van der Waals surface area contributed by atoms with Gasteiger partial charge in [0, 0.05) is 24.8 Å². The molecule has 1 saturated carbocycles. The molecule has 1 unspecified atom stereocenters. The van der Waals surface area contributed by atoms with Gasteiger partial charge in [-0.2, -0.15) is 0 Å². The predicted octanol–water partition coefficient (Wildman–Crippen LogP) is 2.33. The highest BCUT2D eigenvalue weighted by Gasteiger charge is 2.31. The van der Waals surface area contributed by atoms with E-state index in [9.17, 15) is 5.11 Å². The summed E-state index contributed by atoms with van der Waals surface area (Å²) in [6, 6.07) is 0.657. The summed E-state index contributed by atoms with van der Waals surface area (Å²) in [7, 11) is 0.